The number of rotatable bonds is 4. The van der Waals surface area contributed by atoms with E-state index in [1.807, 2.05) is 30.3 Å². The van der Waals surface area contributed by atoms with Gasteiger partial charge < -0.3 is 4.52 Å². The summed E-state index contributed by atoms with van der Waals surface area (Å²) in [6, 6.07) is 18.4. The Morgan fingerprint density at radius 2 is 1.86 bits per heavy atom. The SMILES string of the molecule is Cc1cccc(C(C)Cc2nc(-c3ccccc3)no2)c1. The van der Waals surface area contributed by atoms with Crippen molar-refractivity contribution in [3.05, 3.63) is 71.6 Å². The highest BCUT2D eigenvalue weighted by molar-refractivity contribution is 5.53. The Bertz CT molecular complexity index is 719. The van der Waals surface area contributed by atoms with E-state index in [0.717, 1.165) is 12.0 Å². The van der Waals surface area contributed by atoms with Crippen LogP contribution in [0.25, 0.3) is 11.4 Å². The highest BCUT2D eigenvalue weighted by atomic mass is 16.5. The van der Waals surface area contributed by atoms with E-state index in [4.69, 9.17) is 4.52 Å². The molecule has 0 aliphatic rings. The van der Waals surface area contributed by atoms with Crippen LogP contribution >= 0.6 is 0 Å². The standard InChI is InChI=1S/C18H18N2O/c1-13-7-6-10-16(11-13)14(2)12-17-19-18(20-21-17)15-8-4-3-5-9-15/h3-11,14H,12H2,1-2H3. The number of aromatic nitrogens is 2. The van der Waals surface area contributed by atoms with Crippen LogP contribution in [0.1, 0.15) is 29.9 Å². The maximum atomic E-state index is 5.38. The van der Waals surface area contributed by atoms with Crippen LogP contribution in [-0.2, 0) is 6.42 Å². The number of benzene rings is 2. The fourth-order valence-electron chi connectivity index (χ4n) is 2.40. The zero-order valence-corrected chi connectivity index (χ0v) is 12.3. The van der Waals surface area contributed by atoms with Crippen molar-refractivity contribution in [1.29, 1.82) is 0 Å². The summed E-state index contributed by atoms with van der Waals surface area (Å²) >= 11 is 0. The largest absolute Gasteiger partial charge is 0.339 e. The van der Waals surface area contributed by atoms with Gasteiger partial charge in [0.05, 0.1) is 0 Å². The maximum absolute atomic E-state index is 5.38. The van der Waals surface area contributed by atoms with E-state index in [1.165, 1.54) is 11.1 Å². The Labute approximate surface area is 124 Å². The van der Waals surface area contributed by atoms with E-state index in [-0.39, 0.29) is 0 Å². The molecule has 1 heterocycles. The normalized spacial score (nSPS) is 12.3. The van der Waals surface area contributed by atoms with Crippen LogP contribution in [0.4, 0.5) is 0 Å². The van der Waals surface area contributed by atoms with Crippen LogP contribution in [0.15, 0.2) is 59.1 Å². The lowest BCUT2D eigenvalue weighted by Gasteiger charge is -2.09. The first-order valence-corrected chi connectivity index (χ1v) is 7.17. The molecular formula is C18H18N2O. The van der Waals surface area contributed by atoms with E-state index in [1.54, 1.807) is 0 Å². The Balaban J connectivity index is 1.75. The molecule has 106 valence electrons. The summed E-state index contributed by atoms with van der Waals surface area (Å²) in [7, 11) is 0. The minimum Gasteiger partial charge on any atom is -0.339 e. The zero-order valence-electron chi connectivity index (χ0n) is 12.3. The van der Waals surface area contributed by atoms with Gasteiger partial charge in [-0.15, -0.1) is 0 Å². The van der Waals surface area contributed by atoms with Gasteiger partial charge in [0.1, 0.15) is 0 Å². The molecular weight excluding hydrogens is 260 g/mol. The molecule has 2 aromatic carbocycles. The van der Waals surface area contributed by atoms with Crippen LogP contribution in [0.3, 0.4) is 0 Å². The summed E-state index contributed by atoms with van der Waals surface area (Å²) in [6.07, 6.45) is 0.753. The molecule has 21 heavy (non-hydrogen) atoms. The molecule has 0 radical (unpaired) electrons. The first-order chi connectivity index (χ1) is 10.2. The second kappa shape index (κ2) is 5.92. The molecule has 1 aromatic heterocycles. The van der Waals surface area contributed by atoms with Gasteiger partial charge in [0, 0.05) is 12.0 Å². The molecule has 0 saturated heterocycles. The summed E-state index contributed by atoms with van der Waals surface area (Å²) in [5.74, 6) is 1.69. The highest BCUT2D eigenvalue weighted by Gasteiger charge is 2.13. The molecule has 0 spiro atoms. The van der Waals surface area contributed by atoms with E-state index in [0.29, 0.717) is 17.6 Å². The van der Waals surface area contributed by atoms with Crippen molar-refractivity contribution in [1.82, 2.24) is 10.1 Å². The van der Waals surface area contributed by atoms with E-state index in [2.05, 4.69) is 48.3 Å². The Morgan fingerprint density at radius 3 is 2.62 bits per heavy atom. The monoisotopic (exact) mass is 278 g/mol. The van der Waals surface area contributed by atoms with Crippen LogP contribution in [0.5, 0.6) is 0 Å². The molecule has 0 aliphatic heterocycles. The molecule has 1 unspecified atom stereocenters. The molecule has 1 atom stereocenters. The second-order valence-corrected chi connectivity index (χ2v) is 5.40. The molecule has 0 bridgehead atoms. The van der Waals surface area contributed by atoms with Crippen LogP contribution in [0, 0.1) is 6.92 Å². The Kier molecular flexibility index (Phi) is 3.82. The smallest absolute Gasteiger partial charge is 0.227 e. The van der Waals surface area contributed by atoms with Gasteiger partial charge in [-0.25, -0.2) is 0 Å². The van der Waals surface area contributed by atoms with E-state index >= 15 is 0 Å². The van der Waals surface area contributed by atoms with Gasteiger partial charge in [-0.1, -0.05) is 72.2 Å². The lowest BCUT2D eigenvalue weighted by molar-refractivity contribution is 0.372. The van der Waals surface area contributed by atoms with Crippen LogP contribution in [-0.4, -0.2) is 10.1 Å². The van der Waals surface area contributed by atoms with Crippen molar-refractivity contribution in [2.45, 2.75) is 26.2 Å². The third-order valence-electron chi connectivity index (χ3n) is 3.59. The summed E-state index contributed by atoms with van der Waals surface area (Å²) in [5.41, 5.74) is 3.56. The molecule has 3 nitrogen and oxygen atoms in total. The summed E-state index contributed by atoms with van der Waals surface area (Å²) in [4.78, 5) is 4.49. The van der Waals surface area contributed by atoms with Gasteiger partial charge in [-0.05, 0) is 18.4 Å². The Morgan fingerprint density at radius 1 is 1.05 bits per heavy atom. The van der Waals surface area contributed by atoms with Crippen molar-refractivity contribution >= 4 is 0 Å². The van der Waals surface area contributed by atoms with Gasteiger partial charge in [-0.2, -0.15) is 4.98 Å². The quantitative estimate of drug-likeness (QED) is 0.710. The lowest BCUT2D eigenvalue weighted by Crippen LogP contribution is -1.99. The third kappa shape index (κ3) is 3.19. The molecule has 3 heteroatoms. The molecule has 0 amide bonds. The number of hydrogen-bond acceptors (Lipinski definition) is 3. The van der Waals surface area contributed by atoms with Gasteiger partial charge >= 0.3 is 0 Å². The van der Waals surface area contributed by atoms with Crippen molar-refractivity contribution in [2.24, 2.45) is 0 Å². The lowest BCUT2D eigenvalue weighted by atomic mass is 9.96. The first kappa shape index (κ1) is 13.6. The van der Waals surface area contributed by atoms with Gasteiger partial charge in [0.15, 0.2) is 0 Å². The zero-order chi connectivity index (χ0) is 14.7. The minimum atomic E-state index is 0.356. The van der Waals surface area contributed by atoms with Gasteiger partial charge in [0.25, 0.3) is 0 Å². The number of aryl methyl sites for hydroxylation is 1. The molecule has 3 aromatic rings. The van der Waals surface area contributed by atoms with Crippen molar-refractivity contribution in [3.63, 3.8) is 0 Å². The predicted octanol–water partition coefficient (Wildman–Crippen LogP) is 4.39. The first-order valence-electron chi connectivity index (χ1n) is 7.17. The average Bonchev–Trinajstić information content (AvgIpc) is 2.97. The second-order valence-electron chi connectivity index (χ2n) is 5.40. The molecule has 0 saturated carbocycles. The van der Waals surface area contributed by atoms with Crippen molar-refractivity contribution in [2.75, 3.05) is 0 Å². The topological polar surface area (TPSA) is 38.9 Å². The fraction of sp³-hybridized carbons (Fsp3) is 0.222. The van der Waals surface area contributed by atoms with E-state index in [9.17, 15) is 0 Å². The minimum absolute atomic E-state index is 0.356. The number of nitrogens with zero attached hydrogens (tertiary/aromatic N) is 2. The number of hydrogen-bond donors (Lipinski definition) is 0. The van der Waals surface area contributed by atoms with Crippen LogP contribution < -0.4 is 0 Å². The van der Waals surface area contributed by atoms with E-state index < -0.39 is 0 Å². The summed E-state index contributed by atoms with van der Waals surface area (Å²) < 4.78 is 5.38. The van der Waals surface area contributed by atoms with Gasteiger partial charge in [-0.3, -0.25) is 0 Å². The van der Waals surface area contributed by atoms with Gasteiger partial charge in [0.2, 0.25) is 11.7 Å². The van der Waals surface area contributed by atoms with Crippen molar-refractivity contribution in [3.8, 4) is 11.4 Å². The van der Waals surface area contributed by atoms with Crippen LogP contribution in [0.2, 0.25) is 0 Å². The highest BCUT2D eigenvalue weighted by Crippen LogP contribution is 2.22. The predicted molar refractivity (Wildman–Crippen MR) is 83.0 cm³/mol. The molecule has 3 rings (SSSR count). The molecule has 0 fully saturated rings. The Hall–Kier alpha value is -2.42. The van der Waals surface area contributed by atoms with Crippen molar-refractivity contribution < 1.29 is 4.52 Å². The maximum Gasteiger partial charge on any atom is 0.227 e. The molecule has 0 N–H and O–H groups in total. The third-order valence-corrected chi connectivity index (χ3v) is 3.59. The summed E-state index contributed by atoms with van der Waals surface area (Å²) in [6.45, 7) is 4.29. The fourth-order valence-corrected chi connectivity index (χ4v) is 2.40. The average molecular weight is 278 g/mol. The molecule has 0 aliphatic carbocycles. The summed E-state index contributed by atoms with van der Waals surface area (Å²) in [5, 5.41) is 4.06.